The highest BCUT2D eigenvalue weighted by atomic mass is 16.3. The highest BCUT2D eigenvalue weighted by Gasteiger charge is 2.14. The molecule has 5 nitrogen and oxygen atoms in total. The number of fused-ring (bicyclic) bond motifs is 1. The number of benzene rings is 2. The van der Waals surface area contributed by atoms with Gasteiger partial charge in [-0.3, -0.25) is 10.1 Å². The average molecular weight is 499 g/mol. The maximum absolute atomic E-state index is 5.26. The Bertz CT molecular complexity index is 1650. The summed E-state index contributed by atoms with van der Waals surface area (Å²) in [5.74, 6) is 0. The van der Waals surface area contributed by atoms with Gasteiger partial charge in [0.2, 0.25) is 0 Å². The molecule has 188 valence electrons. The minimum Gasteiger partial charge on any atom is -0.472 e. The van der Waals surface area contributed by atoms with Crippen LogP contribution >= 0.6 is 0 Å². The molecule has 2 N–H and O–H groups in total. The number of aromatic nitrogens is 3. The minimum atomic E-state index is 0.691. The Hall–Kier alpha value is -4.90. The van der Waals surface area contributed by atoms with Crippen LogP contribution in [-0.4, -0.2) is 15.2 Å². The average Bonchev–Trinajstić information content (AvgIpc) is 3.63. The Morgan fingerprint density at radius 2 is 1.95 bits per heavy atom. The monoisotopic (exact) mass is 498 g/mol. The zero-order chi connectivity index (χ0) is 26.5. The van der Waals surface area contributed by atoms with Crippen molar-refractivity contribution in [2.24, 2.45) is 0 Å². The van der Waals surface area contributed by atoms with Gasteiger partial charge in [0, 0.05) is 22.7 Å². The van der Waals surface area contributed by atoms with Crippen molar-refractivity contribution >= 4 is 27.9 Å². The number of hydrogen-bond donors (Lipinski definition) is 2. The van der Waals surface area contributed by atoms with Crippen molar-refractivity contribution in [2.75, 3.05) is 5.32 Å². The number of anilines is 1. The summed E-state index contributed by atoms with van der Waals surface area (Å²) in [5, 5.41) is 12.1. The van der Waals surface area contributed by atoms with E-state index in [1.165, 1.54) is 5.56 Å². The maximum Gasteiger partial charge on any atom is 0.116 e. The Balaban J connectivity index is 1.43. The fourth-order valence-corrected chi connectivity index (χ4v) is 4.55. The Morgan fingerprint density at radius 3 is 2.68 bits per heavy atom. The predicted octanol–water partition coefficient (Wildman–Crippen LogP) is 8.37. The normalized spacial score (nSPS) is 12.1. The van der Waals surface area contributed by atoms with Crippen molar-refractivity contribution in [3.63, 3.8) is 0 Å². The van der Waals surface area contributed by atoms with Gasteiger partial charge in [0.05, 0.1) is 35.6 Å². The molecular formula is C33H30N4O. The highest BCUT2D eigenvalue weighted by Crippen LogP contribution is 2.31. The fraction of sp³-hybridized carbons (Fsp3) is 0.0909. The molecule has 0 fully saturated rings. The Morgan fingerprint density at radius 1 is 1.11 bits per heavy atom. The molecule has 0 radical (unpaired) electrons. The summed E-state index contributed by atoms with van der Waals surface area (Å²) in [6.45, 7) is 12.5. The van der Waals surface area contributed by atoms with Crippen LogP contribution in [0.2, 0.25) is 0 Å². The molecule has 5 heteroatoms. The van der Waals surface area contributed by atoms with Gasteiger partial charge >= 0.3 is 0 Å². The van der Waals surface area contributed by atoms with Crippen LogP contribution in [0, 0.1) is 6.92 Å². The van der Waals surface area contributed by atoms with E-state index in [2.05, 4.69) is 102 Å². The summed E-state index contributed by atoms with van der Waals surface area (Å²) in [6, 6.07) is 18.7. The molecule has 0 atom stereocenters. The number of rotatable bonds is 9. The minimum absolute atomic E-state index is 0.691. The van der Waals surface area contributed by atoms with Gasteiger partial charge in [-0.15, -0.1) is 0 Å². The van der Waals surface area contributed by atoms with E-state index in [9.17, 15) is 0 Å². The van der Waals surface area contributed by atoms with E-state index in [1.807, 2.05) is 24.4 Å². The zero-order valence-electron chi connectivity index (χ0n) is 21.7. The second kappa shape index (κ2) is 11.0. The van der Waals surface area contributed by atoms with Crippen LogP contribution in [0.5, 0.6) is 0 Å². The molecule has 0 aliphatic rings. The summed E-state index contributed by atoms with van der Waals surface area (Å²) in [4.78, 5) is 4.42. The molecule has 2 aromatic carbocycles. The molecule has 3 heterocycles. The highest BCUT2D eigenvalue weighted by molar-refractivity contribution is 5.95. The zero-order valence-corrected chi connectivity index (χ0v) is 21.7. The molecule has 0 aliphatic heterocycles. The fourth-order valence-electron chi connectivity index (χ4n) is 4.55. The molecular weight excluding hydrogens is 468 g/mol. The molecule has 0 saturated carbocycles. The van der Waals surface area contributed by atoms with Crippen molar-refractivity contribution < 1.29 is 4.42 Å². The van der Waals surface area contributed by atoms with Crippen LogP contribution in [-0.2, 0) is 6.42 Å². The third kappa shape index (κ3) is 5.13. The first kappa shape index (κ1) is 24.8. The lowest BCUT2D eigenvalue weighted by Crippen LogP contribution is -2.02. The van der Waals surface area contributed by atoms with Gasteiger partial charge in [-0.1, -0.05) is 67.8 Å². The van der Waals surface area contributed by atoms with Crippen LogP contribution < -0.4 is 5.32 Å². The van der Waals surface area contributed by atoms with E-state index in [1.54, 1.807) is 18.7 Å². The third-order valence-electron chi connectivity index (χ3n) is 6.68. The topological polar surface area (TPSA) is 66.7 Å². The van der Waals surface area contributed by atoms with E-state index in [0.717, 1.165) is 62.1 Å². The smallest absolute Gasteiger partial charge is 0.116 e. The first-order valence-corrected chi connectivity index (χ1v) is 12.5. The second-order valence-electron chi connectivity index (χ2n) is 9.14. The predicted molar refractivity (Wildman–Crippen MR) is 158 cm³/mol. The molecule has 38 heavy (non-hydrogen) atoms. The van der Waals surface area contributed by atoms with Gasteiger partial charge in [-0.25, -0.2) is 0 Å². The Labute approximate surface area is 223 Å². The van der Waals surface area contributed by atoms with Gasteiger partial charge in [0.15, 0.2) is 0 Å². The lowest BCUT2D eigenvalue weighted by Gasteiger charge is -2.13. The van der Waals surface area contributed by atoms with Crippen molar-refractivity contribution in [1.29, 1.82) is 0 Å². The summed E-state index contributed by atoms with van der Waals surface area (Å²) >= 11 is 0. The van der Waals surface area contributed by atoms with E-state index < -0.39 is 0 Å². The number of nitrogens with zero attached hydrogens (tertiary/aromatic N) is 2. The molecule has 0 unspecified atom stereocenters. The van der Waals surface area contributed by atoms with Crippen LogP contribution in [0.3, 0.4) is 0 Å². The van der Waals surface area contributed by atoms with E-state index in [0.29, 0.717) is 5.70 Å². The molecule has 0 spiro atoms. The Kier molecular flexibility index (Phi) is 7.18. The summed E-state index contributed by atoms with van der Waals surface area (Å²) in [6.07, 6.45) is 14.1. The summed E-state index contributed by atoms with van der Waals surface area (Å²) < 4.78 is 5.26. The van der Waals surface area contributed by atoms with Crippen LogP contribution in [0.25, 0.3) is 33.3 Å². The van der Waals surface area contributed by atoms with Gasteiger partial charge < -0.3 is 9.73 Å². The number of H-pyrrole nitrogens is 1. The van der Waals surface area contributed by atoms with E-state index in [-0.39, 0.29) is 0 Å². The number of aromatic amines is 1. The molecule has 5 aromatic rings. The number of allylic oxidation sites excluding steroid dienone is 5. The van der Waals surface area contributed by atoms with Crippen molar-refractivity contribution in [3.05, 3.63) is 139 Å². The largest absolute Gasteiger partial charge is 0.472 e. The third-order valence-corrected chi connectivity index (χ3v) is 6.68. The van der Waals surface area contributed by atoms with Crippen molar-refractivity contribution in [3.8, 4) is 11.1 Å². The molecule has 0 bridgehead atoms. The maximum atomic E-state index is 5.26. The van der Waals surface area contributed by atoms with E-state index >= 15 is 0 Å². The number of nitrogens with one attached hydrogen (secondary N) is 2. The van der Waals surface area contributed by atoms with Gasteiger partial charge in [-0.05, 0) is 66.3 Å². The van der Waals surface area contributed by atoms with Crippen molar-refractivity contribution in [1.82, 2.24) is 15.2 Å². The molecule has 3 aromatic heterocycles. The lowest BCUT2D eigenvalue weighted by molar-refractivity contribution is 0.568. The number of pyridine rings is 1. The summed E-state index contributed by atoms with van der Waals surface area (Å²) in [7, 11) is 0. The first-order chi connectivity index (χ1) is 18.6. The molecule has 5 rings (SSSR count). The second-order valence-corrected chi connectivity index (χ2v) is 9.14. The van der Waals surface area contributed by atoms with Crippen LogP contribution in [0.15, 0.2) is 121 Å². The van der Waals surface area contributed by atoms with Gasteiger partial charge in [0.1, 0.15) is 5.69 Å². The molecule has 0 aliphatic carbocycles. The van der Waals surface area contributed by atoms with Gasteiger partial charge in [-0.2, -0.15) is 5.10 Å². The quantitative estimate of drug-likeness (QED) is 0.200. The van der Waals surface area contributed by atoms with E-state index in [4.69, 9.17) is 4.42 Å². The first-order valence-electron chi connectivity index (χ1n) is 12.5. The SMILES string of the molecule is C=C/C(=C\C(=C/C)c1ccc2[nH]nc(C(=C)Nc3cncc(-c4ccoc4)c3C)c2c1)Cc1ccccc1. The standard InChI is InChI=1S/C33H30N4O/c1-5-24(16-25-10-8-7-9-11-25)17-26(6-2)27-12-13-31-29(18-27)33(37-36-31)23(4)35-32-20-34-19-30(22(32)3)28-14-15-38-21-28/h5-15,17-21,35H,1,4,16H2,2-3H3,(H,36,37)/b24-17+,26-6+. The van der Waals surface area contributed by atoms with Gasteiger partial charge in [0.25, 0.3) is 0 Å². The van der Waals surface area contributed by atoms with Crippen LogP contribution in [0.4, 0.5) is 5.69 Å². The van der Waals surface area contributed by atoms with Crippen molar-refractivity contribution in [2.45, 2.75) is 20.3 Å². The van der Waals surface area contributed by atoms with Crippen LogP contribution in [0.1, 0.15) is 29.3 Å². The molecule has 0 saturated heterocycles. The number of hydrogen-bond acceptors (Lipinski definition) is 4. The number of furan rings is 1. The lowest BCUT2D eigenvalue weighted by atomic mass is 9.97. The molecule has 0 amide bonds. The summed E-state index contributed by atoms with van der Waals surface area (Å²) in [5.41, 5.74) is 10.9.